The molecule has 0 atom stereocenters. The van der Waals surface area contributed by atoms with E-state index in [1.54, 1.807) is 19.4 Å². The van der Waals surface area contributed by atoms with E-state index in [2.05, 4.69) is 32.4 Å². The van der Waals surface area contributed by atoms with Gasteiger partial charge in [-0.05, 0) is 34.1 Å². The number of anilines is 2. The van der Waals surface area contributed by atoms with Crippen LogP contribution in [0.15, 0.2) is 35.1 Å². The number of ether oxygens (including phenoxy) is 1. The Morgan fingerprint density at radius 1 is 1.47 bits per heavy atom. The highest BCUT2D eigenvalue weighted by atomic mass is 79.9. The van der Waals surface area contributed by atoms with Gasteiger partial charge in [-0.15, -0.1) is 0 Å². The summed E-state index contributed by atoms with van der Waals surface area (Å²) in [6.07, 6.45) is 3.66. The van der Waals surface area contributed by atoms with Gasteiger partial charge in [-0.2, -0.15) is 10.4 Å². The Morgan fingerprint density at radius 2 is 2.32 bits per heavy atom. The average Bonchev–Trinajstić information content (AvgIpc) is 2.84. The fourth-order valence-electron chi connectivity index (χ4n) is 1.59. The van der Waals surface area contributed by atoms with Crippen LogP contribution in [-0.4, -0.2) is 23.5 Å². The minimum absolute atomic E-state index is 0.612. The molecular weight excluding hydrogens is 308 g/mol. The van der Waals surface area contributed by atoms with E-state index in [4.69, 9.17) is 10.00 Å². The Labute approximate surface area is 119 Å². The fraction of sp³-hybridized carbons (Fsp3) is 0.231. The van der Waals surface area contributed by atoms with E-state index in [0.717, 1.165) is 22.4 Å². The largest absolute Gasteiger partial charge is 0.383 e. The molecule has 5 nitrogen and oxygen atoms in total. The van der Waals surface area contributed by atoms with Gasteiger partial charge in [0, 0.05) is 23.5 Å². The van der Waals surface area contributed by atoms with Crippen LogP contribution >= 0.6 is 15.9 Å². The van der Waals surface area contributed by atoms with Crippen molar-refractivity contribution in [3.05, 3.63) is 40.6 Å². The monoisotopic (exact) mass is 320 g/mol. The molecule has 6 heteroatoms. The van der Waals surface area contributed by atoms with E-state index in [0.29, 0.717) is 12.2 Å². The van der Waals surface area contributed by atoms with Crippen LogP contribution in [0, 0.1) is 11.3 Å². The Bertz CT molecular complexity index is 603. The van der Waals surface area contributed by atoms with Gasteiger partial charge in [0.1, 0.15) is 6.07 Å². The molecule has 98 valence electrons. The SMILES string of the molecule is COCCn1cc(Nc2ccc(C#N)c(Br)c2)cn1. The van der Waals surface area contributed by atoms with Crippen LogP contribution in [0.5, 0.6) is 0 Å². The predicted molar refractivity (Wildman–Crippen MR) is 76.2 cm³/mol. The molecule has 2 aromatic rings. The minimum atomic E-state index is 0.612. The summed E-state index contributed by atoms with van der Waals surface area (Å²) in [5, 5.41) is 16.3. The van der Waals surface area contributed by atoms with Crippen molar-refractivity contribution in [3.8, 4) is 6.07 Å². The molecule has 1 aromatic heterocycles. The number of methoxy groups -OCH3 is 1. The molecule has 0 aliphatic carbocycles. The maximum Gasteiger partial charge on any atom is 0.100 e. The third kappa shape index (κ3) is 3.56. The van der Waals surface area contributed by atoms with E-state index < -0.39 is 0 Å². The van der Waals surface area contributed by atoms with Gasteiger partial charge >= 0.3 is 0 Å². The number of nitriles is 1. The number of hydrogen-bond donors (Lipinski definition) is 1. The third-order valence-corrected chi connectivity index (χ3v) is 3.19. The van der Waals surface area contributed by atoms with Crippen molar-refractivity contribution in [1.82, 2.24) is 9.78 Å². The summed E-state index contributed by atoms with van der Waals surface area (Å²) in [5.41, 5.74) is 2.41. The molecule has 0 amide bonds. The molecular formula is C13H13BrN4O. The summed E-state index contributed by atoms with van der Waals surface area (Å²) in [4.78, 5) is 0. The van der Waals surface area contributed by atoms with Crippen molar-refractivity contribution in [2.45, 2.75) is 6.54 Å². The second-order valence-electron chi connectivity index (χ2n) is 3.92. The van der Waals surface area contributed by atoms with Crippen LogP contribution in [-0.2, 0) is 11.3 Å². The third-order valence-electron chi connectivity index (χ3n) is 2.54. The minimum Gasteiger partial charge on any atom is -0.383 e. The molecule has 19 heavy (non-hydrogen) atoms. The summed E-state index contributed by atoms with van der Waals surface area (Å²) in [7, 11) is 1.66. The number of halogens is 1. The number of benzene rings is 1. The maximum absolute atomic E-state index is 8.86. The van der Waals surface area contributed by atoms with Crippen LogP contribution in [0.25, 0.3) is 0 Å². The van der Waals surface area contributed by atoms with Crippen molar-refractivity contribution < 1.29 is 4.74 Å². The van der Waals surface area contributed by atoms with Gasteiger partial charge in [0.05, 0.1) is 30.6 Å². The van der Waals surface area contributed by atoms with E-state index in [1.165, 1.54) is 0 Å². The Hall–Kier alpha value is -1.84. The average molecular weight is 321 g/mol. The standard InChI is InChI=1S/C13H13BrN4O/c1-19-5-4-18-9-12(8-16-18)17-11-3-2-10(7-15)13(14)6-11/h2-3,6,8-9,17H,4-5H2,1H3. The van der Waals surface area contributed by atoms with Crippen LogP contribution in [0.2, 0.25) is 0 Å². The first-order chi connectivity index (χ1) is 9.22. The zero-order chi connectivity index (χ0) is 13.7. The molecule has 0 saturated heterocycles. The number of aromatic nitrogens is 2. The van der Waals surface area contributed by atoms with Crippen LogP contribution in [0.1, 0.15) is 5.56 Å². The quantitative estimate of drug-likeness (QED) is 0.920. The Kier molecular flexibility index (Phi) is 4.55. The second kappa shape index (κ2) is 6.36. The van der Waals surface area contributed by atoms with Crippen molar-refractivity contribution in [2.24, 2.45) is 0 Å². The lowest BCUT2D eigenvalue weighted by molar-refractivity contribution is 0.183. The van der Waals surface area contributed by atoms with Gasteiger partial charge in [0.2, 0.25) is 0 Å². The number of hydrogen-bond acceptors (Lipinski definition) is 4. The number of nitrogens with one attached hydrogen (secondary N) is 1. The smallest absolute Gasteiger partial charge is 0.100 e. The second-order valence-corrected chi connectivity index (χ2v) is 4.77. The predicted octanol–water partition coefficient (Wildman–Crippen LogP) is 2.91. The number of nitrogens with zero attached hydrogens (tertiary/aromatic N) is 3. The van der Waals surface area contributed by atoms with E-state index in [1.807, 2.05) is 23.0 Å². The van der Waals surface area contributed by atoms with Crippen LogP contribution in [0.4, 0.5) is 11.4 Å². The topological polar surface area (TPSA) is 62.9 Å². The van der Waals surface area contributed by atoms with Crippen molar-refractivity contribution >= 4 is 27.3 Å². The Morgan fingerprint density at radius 3 is 3.00 bits per heavy atom. The lowest BCUT2D eigenvalue weighted by Gasteiger charge is -2.04. The molecule has 0 fully saturated rings. The van der Waals surface area contributed by atoms with Crippen LogP contribution < -0.4 is 5.32 Å². The van der Waals surface area contributed by atoms with Crippen LogP contribution in [0.3, 0.4) is 0 Å². The number of rotatable bonds is 5. The van der Waals surface area contributed by atoms with Crippen molar-refractivity contribution in [3.63, 3.8) is 0 Å². The molecule has 2 rings (SSSR count). The molecule has 1 heterocycles. The lowest BCUT2D eigenvalue weighted by Crippen LogP contribution is -2.03. The summed E-state index contributed by atoms with van der Waals surface area (Å²) < 4.78 is 7.58. The van der Waals surface area contributed by atoms with Crippen molar-refractivity contribution in [2.75, 3.05) is 19.0 Å². The molecule has 0 bridgehead atoms. The van der Waals surface area contributed by atoms with Gasteiger partial charge in [-0.1, -0.05) is 0 Å². The van der Waals surface area contributed by atoms with E-state index >= 15 is 0 Å². The van der Waals surface area contributed by atoms with E-state index in [-0.39, 0.29) is 0 Å². The molecule has 0 unspecified atom stereocenters. The van der Waals surface area contributed by atoms with Gasteiger partial charge in [-0.3, -0.25) is 4.68 Å². The summed E-state index contributed by atoms with van der Waals surface area (Å²) in [6.45, 7) is 1.35. The van der Waals surface area contributed by atoms with E-state index in [9.17, 15) is 0 Å². The highest BCUT2D eigenvalue weighted by molar-refractivity contribution is 9.10. The normalized spacial score (nSPS) is 10.2. The first-order valence-corrected chi connectivity index (χ1v) is 6.50. The zero-order valence-corrected chi connectivity index (χ0v) is 12.0. The maximum atomic E-state index is 8.86. The summed E-state index contributed by atoms with van der Waals surface area (Å²) in [6, 6.07) is 7.60. The molecule has 1 aromatic carbocycles. The molecule has 0 aliphatic rings. The highest BCUT2D eigenvalue weighted by Gasteiger charge is 2.03. The summed E-state index contributed by atoms with van der Waals surface area (Å²) in [5.74, 6) is 0. The lowest BCUT2D eigenvalue weighted by atomic mass is 10.2. The summed E-state index contributed by atoms with van der Waals surface area (Å²) >= 11 is 3.36. The van der Waals surface area contributed by atoms with Crippen molar-refractivity contribution in [1.29, 1.82) is 5.26 Å². The molecule has 0 spiro atoms. The van der Waals surface area contributed by atoms with Gasteiger partial charge in [-0.25, -0.2) is 0 Å². The fourth-order valence-corrected chi connectivity index (χ4v) is 2.05. The van der Waals surface area contributed by atoms with Gasteiger partial charge in [0.25, 0.3) is 0 Å². The molecule has 0 radical (unpaired) electrons. The molecule has 1 N–H and O–H groups in total. The zero-order valence-electron chi connectivity index (χ0n) is 10.4. The first-order valence-electron chi connectivity index (χ1n) is 5.71. The van der Waals surface area contributed by atoms with Gasteiger partial charge < -0.3 is 10.1 Å². The highest BCUT2D eigenvalue weighted by Crippen LogP contribution is 2.23. The van der Waals surface area contributed by atoms with Gasteiger partial charge in [0.15, 0.2) is 0 Å². The Balaban J connectivity index is 2.07. The molecule has 0 aliphatic heterocycles. The first kappa shape index (κ1) is 13.6. The molecule has 0 saturated carbocycles.